The number of ether oxygens (including phenoxy) is 1. The molecule has 0 amide bonds. The van der Waals surface area contributed by atoms with Gasteiger partial charge in [0.1, 0.15) is 6.04 Å². The molecule has 6 heteroatoms. The van der Waals surface area contributed by atoms with Crippen molar-refractivity contribution in [1.82, 2.24) is 4.31 Å². The summed E-state index contributed by atoms with van der Waals surface area (Å²) in [6, 6.07) is 8.86. The van der Waals surface area contributed by atoms with E-state index in [1.54, 1.807) is 0 Å². The lowest BCUT2D eigenvalue weighted by molar-refractivity contribution is -0.144. The summed E-state index contributed by atoms with van der Waals surface area (Å²) in [4.78, 5) is 11.7. The quantitative estimate of drug-likeness (QED) is 0.777. The Balaban J connectivity index is 2.13. The monoisotopic (exact) mass is 311 g/mol. The Hall–Kier alpha value is -1.40. The number of sulfonamides is 1. The second-order valence-corrected chi connectivity index (χ2v) is 7.35. The van der Waals surface area contributed by atoms with E-state index in [4.69, 9.17) is 4.74 Å². The lowest BCUT2D eigenvalue weighted by Gasteiger charge is -2.24. The van der Waals surface area contributed by atoms with Gasteiger partial charge in [0.15, 0.2) is 0 Å². The average Bonchev–Trinajstić information content (AvgIpc) is 2.97. The molecule has 1 aromatic rings. The molecule has 0 radical (unpaired) electrons. The third kappa shape index (κ3) is 3.63. The van der Waals surface area contributed by atoms with Gasteiger partial charge in [-0.2, -0.15) is 4.31 Å². The first-order valence-corrected chi connectivity index (χ1v) is 8.69. The Labute approximate surface area is 126 Å². The molecule has 2 atom stereocenters. The number of carbonyl (C=O) groups excluding carboxylic acids is 1. The summed E-state index contributed by atoms with van der Waals surface area (Å²) < 4.78 is 31.1. The number of hydrogen-bond donors (Lipinski definition) is 0. The second kappa shape index (κ2) is 6.58. The van der Waals surface area contributed by atoms with E-state index in [9.17, 15) is 13.2 Å². The SMILES string of the molecule is COC(=O)C1CCCN1S(=O)(=O)CC(C)c1ccccc1. The van der Waals surface area contributed by atoms with E-state index in [0.29, 0.717) is 19.4 Å². The molecular formula is C15H21NO4S. The number of carbonyl (C=O) groups is 1. The minimum Gasteiger partial charge on any atom is -0.468 e. The molecule has 0 spiro atoms. The molecule has 2 rings (SSSR count). The average molecular weight is 311 g/mol. The maximum Gasteiger partial charge on any atom is 0.324 e. The number of methoxy groups -OCH3 is 1. The highest BCUT2D eigenvalue weighted by Gasteiger charge is 2.39. The molecular weight excluding hydrogens is 290 g/mol. The fourth-order valence-electron chi connectivity index (χ4n) is 2.73. The predicted octanol–water partition coefficient (Wildman–Crippen LogP) is 1.76. The highest BCUT2D eigenvalue weighted by atomic mass is 32.2. The Morgan fingerprint density at radius 3 is 2.67 bits per heavy atom. The van der Waals surface area contributed by atoms with E-state index in [1.807, 2.05) is 37.3 Å². The Morgan fingerprint density at radius 1 is 1.38 bits per heavy atom. The molecule has 21 heavy (non-hydrogen) atoms. The lowest BCUT2D eigenvalue weighted by atomic mass is 10.0. The van der Waals surface area contributed by atoms with Gasteiger partial charge in [-0.1, -0.05) is 37.3 Å². The number of hydrogen-bond acceptors (Lipinski definition) is 4. The summed E-state index contributed by atoms with van der Waals surface area (Å²) in [5.41, 5.74) is 0.981. The van der Waals surface area contributed by atoms with Crippen molar-refractivity contribution in [3.8, 4) is 0 Å². The molecule has 1 heterocycles. The minimum atomic E-state index is -3.48. The summed E-state index contributed by atoms with van der Waals surface area (Å²) in [6.45, 7) is 2.28. The van der Waals surface area contributed by atoms with Crippen molar-refractivity contribution in [2.75, 3.05) is 19.4 Å². The van der Waals surface area contributed by atoms with E-state index in [2.05, 4.69) is 0 Å². The summed E-state index contributed by atoms with van der Waals surface area (Å²) in [6.07, 6.45) is 1.23. The zero-order valence-corrected chi connectivity index (χ0v) is 13.2. The molecule has 0 aliphatic carbocycles. The first-order valence-electron chi connectivity index (χ1n) is 7.08. The summed E-state index contributed by atoms with van der Waals surface area (Å²) in [5.74, 6) is -0.580. The van der Waals surface area contributed by atoms with Crippen LogP contribution in [0, 0.1) is 0 Å². The van der Waals surface area contributed by atoms with Crippen molar-refractivity contribution >= 4 is 16.0 Å². The molecule has 1 fully saturated rings. The zero-order chi connectivity index (χ0) is 15.5. The van der Waals surface area contributed by atoms with Crippen LogP contribution in [0.4, 0.5) is 0 Å². The van der Waals surface area contributed by atoms with Crippen molar-refractivity contribution in [2.45, 2.75) is 31.7 Å². The van der Waals surface area contributed by atoms with Gasteiger partial charge in [-0.25, -0.2) is 8.42 Å². The van der Waals surface area contributed by atoms with Crippen LogP contribution in [0.15, 0.2) is 30.3 Å². The van der Waals surface area contributed by atoms with Crippen LogP contribution in [-0.2, 0) is 19.6 Å². The van der Waals surface area contributed by atoms with Gasteiger partial charge >= 0.3 is 5.97 Å². The summed E-state index contributed by atoms with van der Waals surface area (Å²) >= 11 is 0. The number of rotatable bonds is 5. The minimum absolute atomic E-state index is 0.00447. The molecule has 0 saturated carbocycles. The lowest BCUT2D eigenvalue weighted by Crippen LogP contribution is -2.42. The van der Waals surface area contributed by atoms with Gasteiger partial charge in [0, 0.05) is 6.54 Å². The molecule has 0 N–H and O–H groups in total. The van der Waals surface area contributed by atoms with Crippen molar-refractivity contribution in [3.05, 3.63) is 35.9 Å². The number of nitrogens with zero attached hydrogens (tertiary/aromatic N) is 1. The third-order valence-electron chi connectivity index (χ3n) is 3.86. The van der Waals surface area contributed by atoms with Gasteiger partial charge in [-0.3, -0.25) is 4.79 Å². The molecule has 0 bridgehead atoms. The Kier molecular flexibility index (Phi) is 5.00. The third-order valence-corrected chi connectivity index (χ3v) is 5.94. The van der Waals surface area contributed by atoms with Crippen LogP contribution in [0.1, 0.15) is 31.2 Å². The molecule has 1 saturated heterocycles. The van der Waals surface area contributed by atoms with Crippen LogP contribution in [0.3, 0.4) is 0 Å². The fourth-order valence-corrected chi connectivity index (χ4v) is 4.74. The molecule has 1 aromatic carbocycles. The largest absolute Gasteiger partial charge is 0.468 e. The number of benzene rings is 1. The zero-order valence-electron chi connectivity index (χ0n) is 12.4. The Bertz CT molecular complexity index is 585. The number of esters is 1. The Morgan fingerprint density at radius 2 is 2.05 bits per heavy atom. The molecule has 5 nitrogen and oxygen atoms in total. The topological polar surface area (TPSA) is 63.7 Å². The van der Waals surface area contributed by atoms with E-state index >= 15 is 0 Å². The smallest absolute Gasteiger partial charge is 0.324 e. The summed E-state index contributed by atoms with van der Waals surface area (Å²) in [7, 11) is -2.19. The van der Waals surface area contributed by atoms with E-state index in [1.165, 1.54) is 11.4 Å². The van der Waals surface area contributed by atoms with Crippen LogP contribution in [0.25, 0.3) is 0 Å². The van der Waals surface area contributed by atoms with Crippen LogP contribution in [0.2, 0.25) is 0 Å². The van der Waals surface area contributed by atoms with Gasteiger partial charge in [0.05, 0.1) is 12.9 Å². The van der Waals surface area contributed by atoms with Crippen molar-refractivity contribution in [1.29, 1.82) is 0 Å². The van der Waals surface area contributed by atoms with Gasteiger partial charge < -0.3 is 4.74 Å². The van der Waals surface area contributed by atoms with Crippen molar-refractivity contribution in [2.24, 2.45) is 0 Å². The first-order chi connectivity index (χ1) is 9.95. The van der Waals surface area contributed by atoms with Crippen LogP contribution < -0.4 is 0 Å². The second-order valence-electron chi connectivity index (χ2n) is 5.38. The highest BCUT2D eigenvalue weighted by molar-refractivity contribution is 7.89. The van der Waals surface area contributed by atoms with E-state index < -0.39 is 22.0 Å². The molecule has 116 valence electrons. The van der Waals surface area contributed by atoms with Gasteiger partial charge in [-0.05, 0) is 24.3 Å². The summed E-state index contributed by atoms with van der Waals surface area (Å²) in [5, 5.41) is 0. The maximum atomic E-state index is 12.6. The van der Waals surface area contributed by atoms with Crippen LogP contribution in [0.5, 0.6) is 0 Å². The molecule has 1 aliphatic rings. The van der Waals surface area contributed by atoms with Crippen molar-refractivity contribution < 1.29 is 17.9 Å². The van der Waals surface area contributed by atoms with Gasteiger partial charge in [-0.15, -0.1) is 0 Å². The van der Waals surface area contributed by atoms with Gasteiger partial charge in [0.25, 0.3) is 0 Å². The maximum absolute atomic E-state index is 12.6. The fraction of sp³-hybridized carbons (Fsp3) is 0.533. The first kappa shape index (κ1) is 16.0. The standard InChI is InChI=1S/C15H21NO4S/c1-12(13-7-4-3-5-8-13)11-21(18,19)16-10-6-9-14(16)15(17)20-2/h3-5,7-8,12,14H,6,9-11H2,1-2H3. The van der Waals surface area contributed by atoms with Crippen molar-refractivity contribution in [3.63, 3.8) is 0 Å². The van der Waals surface area contributed by atoms with Crippen LogP contribution in [-0.4, -0.2) is 44.1 Å². The molecule has 0 aromatic heterocycles. The van der Waals surface area contributed by atoms with E-state index in [0.717, 1.165) is 5.56 Å². The normalized spacial score (nSPS) is 21.1. The van der Waals surface area contributed by atoms with E-state index in [-0.39, 0.29) is 11.7 Å². The predicted molar refractivity (Wildman–Crippen MR) is 80.4 cm³/mol. The highest BCUT2D eigenvalue weighted by Crippen LogP contribution is 2.26. The van der Waals surface area contributed by atoms with Gasteiger partial charge in [0.2, 0.25) is 10.0 Å². The molecule has 2 unspecified atom stereocenters. The van der Waals surface area contributed by atoms with Crippen LogP contribution >= 0.6 is 0 Å². The molecule has 1 aliphatic heterocycles.